The molecule has 0 aromatic heterocycles. The molecule has 1 aliphatic carbocycles. The van der Waals surface area contributed by atoms with E-state index in [4.69, 9.17) is 27.9 Å². The van der Waals surface area contributed by atoms with Crippen LogP contribution in [-0.2, 0) is 6.42 Å². The van der Waals surface area contributed by atoms with E-state index in [0.29, 0.717) is 28.8 Å². The van der Waals surface area contributed by atoms with Gasteiger partial charge in [-0.3, -0.25) is 0 Å². The van der Waals surface area contributed by atoms with Gasteiger partial charge in [0.1, 0.15) is 12.7 Å². The third-order valence-corrected chi connectivity index (χ3v) is 4.53. The van der Waals surface area contributed by atoms with Gasteiger partial charge in [0.2, 0.25) is 0 Å². The minimum Gasteiger partial charge on any atom is -0.489 e. The van der Waals surface area contributed by atoms with Crippen molar-refractivity contribution in [3.05, 3.63) is 27.8 Å². The molecule has 0 radical (unpaired) electrons. The topological polar surface area (TPSA) is 33.0 Å². The second-order valence-electron chi connectivity index (χ2n) is 4.14. The van der Waals surface area contributed by atoms with E-state index in [2.05, 4.69) is 22.0 Å². The average molecular weight is 349 g/mol. The molecule has 0 spiro atoms. The molecule has 0 N–H and O–H groups in total. The molecule has 1 aromatic carbocycles. The van der Waals surface area contributed by atoms with Crippen molar-refractivity contribution >= 4 is 39.1 Å². The molecule has 0 heterocycles. The zero-order chi connectivity index (χ0) is 13.1. The van der Waals surface area contributed by atoms with Gasteiger partial charge in [0.15, 0.2) is 5.75 Å². The molecule has 96 valence electrons. The number of nitriles is 1. The Hall–Kier alpha value is -0.430. The first kappa shape index (κ1) is 14.0. The standard InChI is InChI=1S/C13H12BrCl2NO/c14-11-3-1-2-9-10(11)6-8(7-17)13(12(9)16)18-5-4-15/h6,11H,1-5H2. The summed E-state index contributed by atoms with van der Waals surface area (Å²) in [5.74, 6) is 0.847. The van der Waals surface area contributed by atoms with Crippen LogP contribution in [0.5, 0.6) is 5.75 Å². The number of fused-ring (bicyclic) bond motifs is 1. The fourth-order valence-corrected chi connectivity index (χ4v) is 3.37. The predicted octanol–water partition coefficient (Wildman–Crippen LogP) is 4.60. The fourth-order valence-electron chi connectivity index (χ4n) is 2.20. The monoisotopic (exact) mass is 347 g/mol. The van der Waals surface area contributed by atoms with E-state index in [9.17, 15) is 5.26 Å². The molecule has 2 rings (SSSR count). The fraction of sp³-hybridized carbons (Fsp3) is 0.462. The second-order valence-corrected chi connectivity index (χ2v) is 6.01. The first-order chi connectivity index (χ1) is 8.69. The number of nitrogens with zero attached hydrogens (tertiary/aromatic N) is 1. The smallest absolute Gasteiger partial charge is 0.155 e. The van der Waals surface area contributed by atoms with Crippen LogP contribution >= 0.6 is 39.1 Å². The summed E-state index contributed by atoms with van der Waals surface area (Å²) in [5.41, 5.74) is 2.68. The minimum absolute atomic E-state index is 0.271. The van der Waals surface area contributed by atoms with Crippen LogP contribution in [0.3, 0.4) is 0 Å². The van der Waals surface area contributed by atoms with Crippen molar-refractivity contribution in [1.29, 1.82) is 5.26 Å². The number of benzene rings is 1. The van der Waals surface area contributed by atoms with Crippen molar-refractivity contribution in [2.45, 2.75) is 24.1 Å². The van der Waals surface area contributed by atoms with E-state index in [1.165, 1.54) is 0 Å². The van der Waals surface area contributed by atoms with E-state index in [1.54, 1.807) is 0 Å². The second kappa shape index (κ2) is 6.14. The van der Waals surface area contributed by atoms with Gasteiger partial charge in [0.05, 0.1) is 16.5 Å². The lowest BCUT2D eigenvalue weighted by Gasteiger charge is -2.24. The first-order valence-electron chi connectivity index (χ1n) is 5.77. The van der Waals surface area contributed by atoms with Gasteiger partial charge < -0.3 is 4.74 Å². The molecule has 1 atom stereocenters. The van der Waals surface area contributed by atoms with Crippen LogP contribution in [0.2, 0.25) is 5.02 Å². The highest BCUT2D eigenvalue weighted by Crippen LogP contribution is 2.44. The molecule has 0 bridgehead atoms. The Labute approximate surface area is 125 Å². The molecule has 0 fully saturated rings. The molecular formula is C13H12BrCl2NO. The van der Waals surface area contributed by atoms with E-state index in [0.717, 1.165) is 30.4 Å². The summed E-state index contributed by atoms with van der Waals surface area (Å²) in [6.07, 6.45) is 3.08. The highest BCUT2D eigenvalue weighted by molar-refractivity contribution is 9.09. The van der Waals surface area contributed by atoms with Gasteiger partial charge in [-0.2, -0.15) is 5.26 Å². The third-order valence-electron chi connectivity index (χ3n) is 3.02. The van der Waals surface area contributed by atoms with Gasteiger partial charge in [0.25, 0.3) is 0 Å². The van der Waals surface area contributed by atoms with Crippen molar-refractivity contribution in [2.75, 3.05) is 12.5 Å². The average Bonchev–Trinajstić information content (AvgIpc) is 2.38. The van der Waals surface area contributed by atoms with Crippen LogP contribution in [0.1, 0.15) is 34.4 Å². The number of hydrogen-bond donors (Lipinski definition) is 0. The molecule has 1 aromatic rings. The number of ether oxygens (including phenoxy) is 1. The van der Waals surface area contributed by atoms with Crippen molar-refractivity contribution in [1.82, 2.24) is 0 Å². The summed E-state index contributed by atoms with van der Waals surface area (Å²) in [4.78, 5) is 0.271. The Kier molecular flexibility index (Phi) is 4.77. The van der Waals surface area contributed by atoms with Crippen molar-refractivity contribution < 1.29 is 4.74 Å². The maximum atomic E-state index is 9.19. The van der Waals surface area contributed by atoms with E-state index in [-0.39, 0.29) is 4.83 Å². The maximum absolute atomic E-state index is 9.19. The molecule has 0 saturated heterocycles. The number of hydrogen-bond acceptors (Lipinski definition) is 2. The highest BCUT2D eigenvalue weighted by Gasteiger charge is 2.24. The summed E-state index contributed by atoms with van der Waals surface area (Å²) in [7, 11) is 0. The van der Waals surface area contributed by atoms with Gasteiger partial charge >= 0.3 is 0 Å². The van der Waals surface area contributed by atoms with Crippen LogP contribution < -0.4 is 4.74 Å². The number of alkyl halides is 2. The summed E-state index contributed by atoms with van der Waals surface area (Å²) in [6, 6.07) is 4.02. The van der Waals surface area contributed by atoms with Crippen molar-refractivity contribution in [3.8, 4) is 11.8 Å². The molecule has 0 amide bonds. The first-order valence-corrected chi connectivity index (χ1v) is 7.60. The number of rotatable bonds is 3. The highest BCUT2D eigenvalue weighted by atomic mass is 79.9. The summed E-state index contributed by atoms with van der Waals surface area (Å²) >= 11 is 15.6. The van der Waals surface area contributed by atoms with Crippen molar-refractivity contribution in [2.24, 2.45) is 0 Å². The van der Waals surface area contributed by atoms with Gasteiger partial charge in [-0.05, 0) is 36.5 Å². The molecule has 2 nitrogen and oxygen atoms in total. The van der Waals surface area contributed by atoms with Gasteiger partial charge in [-0.1, -0.05) is 27.5 Å². The molecule has 18 heavy (non-hydrogen) atoms. The molecule has 5 heteroatoms. The summed E-state index contributed by atoms with van der Waals surface area (Å²) in [5, 5.41) is 9.76. The van der Waals surface area contributed by atoms with Crippen LogP contribution in [-0.4, -0.2) is 12.5 Å². The largest absolute Gasteiger partial charge is 0.489 e. The Bertz CT molecular complexity index is 499. The summed E-state index contributed by atoms with van der Waals surface area (Å²) < 4.78 is 5.51. The quantitative estimate of drug-likeness (QED) is 0.748. The van der Waals surface area contributed by atoms with Crippen LogP contribution in [0.25, 0.3) is 0 Å². The van der Waals surface area contributed by atoms with Crippen LogP contribution in [0.4, 0.5) is 0 Å². The van der Waals surface area contributed by atoms with Crippen molar-refractivity contribution in [3.63, 3.8) is 0 Å². The molecule has 0 saturated carbocycles. The lowest BCUT2D eigenvalue weighted by atomic mass is 9.90. The van der Waals surface area contributed by atoms with E-state index >= 15 is 0 Å². The summed E-state index contributed by atoms with van der Waals surface area (Å²) in [6.45, 7) is 0.354. The van der Waals surface area contributed by atoms with Crippen LogP contribution in [0, 0.1) is 11.3 Å². The Balaban J connectivity index is 2.51. The van der Waals surface area contributed by atoms with Gasteiger partial charge in [0, 0.05) is 4.83 Å². The molecular weight excluding hydrogens is 337 g/mol. The predicted molar refractivity (Wildman–Crippen MR) is 77.0 cm³/mol. The Morgan fingerprint density at radius 3 is 3.00 bits per heavy atom. The lowest BCUT2D eigenvalue weighted by molar-refractivity contribution is 0.341. The van der Waals surface area contributed by atoms with Gasteiger partial charge in [-0.15, -0.1) is 11.6 Å². The van der Waals surface area contributed by atoms with E-state index < -0.39 is 0 Å². The molecule has 1 aliphatic rings. The normalized spacial score (nSPS) is 18.0. The molecule has 1 unspecified atom stereocenters. The van der Waals surface area contributed by atoms with Crippen LogP contribution in [0.15, 0.2) is 6.07 Å². The maximum Gasteiger partial charge on any atom is 0.155 e. The zero-order valence-electron chi connectivity index (χ0n) is 9.68. The van der Waals surface area contributed by atoms with E-state index in [1.807, 2.05) is 6.07 Å². The SMILES string of the molecule is N#Cc1cc2c(c(Cl)c1OCCCl)CCCC2Br. The Morgan fingerprint density at radius 1 is 1.56 bits per heavy atom. The van der Waals surface area contributed by atoms with Gasteiger partial charge in [-0.25, -0.2) is 0 Å². The zero-order valence-corrected chi connectivity index (χ0v) is 12.8. The number of halogens is 3. The third kappa shape index (κ3) is 2.61. The Morgan fingerprint density at radius 2 is 2.33 bits per heavy atom. The molecule has 0 aliphatic heterocycles. The lowest BCUT2D eigenvalue weighted by Crippen LogP contribution is -2.09. The minimum atomic E-state index is 0.271.